The molecule has 0 aromatic heterocycles. The lowest BCUT2D eigenvalue weighted by atomic mass is 10.1. The summed E-state index contributed by atoms with van der Waals surface area (Å²) in [5, 5.41) is 9.27. The van der Waals surface area contributed by atoms with Gasteiger partial charge in [-0.15, -0.1) is 0 Å². The van der Waals surface area contributed by atoms with E-state index in [-0.39, 0.29) is 6.10 Å². The van der Waals surface area contributed by atoms with E-state index in [1.807, 2.05) is 18.0 Å². The summed E-state index contributed by atoms with van der Waals surface area (Å²) in [5.74, 6) is -0.446. The quantitative estimate of drug-likeness (QED) is 0.609. The molecule has 0 aliphatic carbocycles. The Kier molecular flexibility index (Phi) is 4.97. The maximum Gasteiger partial charge on any atom is 0.340 e. The van der Waals surface area contributed by atoms with Gasteiger partial charge in [0.1, 0.15) is 0 Å². The van der Waals surface area contributed by atoms with E-state index in [2.05, 4.69) is 4.74 Å². The Labute approximate surface area is 107 Å². The van der Waals surface area contributed by atoms with Crippen LogP contribution in [0.1, 0.15) is 23.7 Å². The summed E-state index contributed by atoms with van der Waals surface area (Å²) >= 11 is 0. The van der Waals surface area contributed by atoms with Crippen molar-refractivity contribution in [3.63, 3.8) is 0 Å². The third kappa shape index (κ3) is 3.37. The number of ether oxygens (including phenoxy) is 1. The van der Waals surface area contributed by atoms with E-state index in [0.717, 1.165) is 5.69 Å². The molecular formula is C13H20N2O3. The molecule has 1 unspecified atom stereocenters. The predicted octanol–water partition coefficient (Wildman–Crippen LogP) is 1.26. The first-order valence-corrected chi connectivity index (χ1v) is 5.83. The van der Waals surface area contributed by atoms with Crippen LogP contribution in [0.3, 0.4) is 0 Å². The van der Waals surface area contributed by atoms with Crippen LogP contribution in [0, 0.1) is 0 Å². The summed E-state index contributed by atoms with van der Waals surface area (Å²) in [6.45, 7) is 2.40. The molecule has 5 nitrogen and oxygen atoms in total. The molecule has 100 valence electrons. The second-order valence-corrected chi connectivity index (χ2v) is 4.29. The third-order valence-electron chi connectivity index (χ3n) is 2.78. The number of nitrogen functional groups attached to an aromatic ring is 1. The minimum atomic E-state index is -0.446. The number of hydrogen-bond donors (Lipinski definition) is 2. The SMILES string of the molecule is COC(=O)c1cccc(N(C)CCC(C)O)c1N. The standard InChI is InChI=1S/C13H20N2O3/c1-9(16)7-8-15(2)11-6-4-5-10(12(11)14)13(17)18-3/h4-6,9,16H,7-8,14H2,1-3H3. The number of nitrogens with zero attached hydrogens (tertiary/aromatic N) is 1. The third-order valence-corrected chi connectivity index (χ3v) is 2.78. The highest BCUT2D eigenvalue weighted by Gasteiger charge is 2.15. The summed E-state index contributed by atoms with van der Waals surface area (Å²) in [5.41, 5.74) is 7.49. The van der Waals surface area contributed by atoms with Crippen molar-refractivity contribution in [1.29, 1.82) is 0 Å². The van der Waals surface area contributed by atoms with Gasteiger partial charge < -0.3 is 20.5 Å². The van der Waals surface area contributed by atoms with Crippen molar-refractivity contribution in [3.8, 4) is 0 Å². The number of carbonyl (C=O) groups is 1. The molecule has 0 amide bonds. The van der Waals surface area contributed by atoms with Gasteiger partial charge in [0.2, 0.25) is 0 Å². The molecule has 0 saturated carbocycles. The zero-order valence-electron chi connectivity index (χ0n) is 11.0. The van der Waals surface area contributed by atoms with Gasteiger partial charge in [-0.3, -0.25) is 0 Å². The number of methoxy groups -OCH3 is 1. The number of esters is 1. The fourth-order valence-corrected chi connectivity index (χ4v) is 1.67. The molecule has 0 radical (unpaired) electrons. The van der Waals surface area contributed by atoms with Gasteiger partial charge in [-0.25, -0.2) is 4.79 Å². The average molecular weight is 252 g/mol. The topological polar surface area (TPSA) is 75.8 Å². The van der Waals surface area contributed by atoms with Gasteiger partial charge in [-0.2, -0.15) is 0 Å². The number of para-hydroxylation sites is 1. The molecule has 0 bridgehead atoms. The molecule has 1 atom stereocenters. The fourth-order valence-electron chi connectivity index (χ4n) is 1.67. The smallest absolute Gasteiger partial charge is 0.340 e. The van der Waals surface area contributed by atoms with Gasteiger partial charge in [0, 0.05) is 13.6 Å². The lowest BCUT2D eigenvalue weighted by Gasteiger charge is -2.22. The van der Waals surface area contributed by atoms with E-state index < -0.39 is 5.97 Å². The van der Waals surface area contributed by atoms with Crippen LogP contribution in [0.2, 0.25) is 0 Å². The number of benzene rings is 1. The Morgan fingerprint density at radius 1 is 1.56 bits per heavy atom. The highest BCUT2D eigenvalue weighted by molar-refractivity contribution is 5.98. The summed E-state index contributed by atoms with van der Waals surface area (Å²) in [6.07, 6.45) is 0.274. The van der Waals surface area contributed by atoms with Crippen LogP contribution >= 0.6 is 0 Å². The van der Waals surface area contributed by atoms with E-state index >= 15 is 0 Å². The minimum absolute atomic E-state index is 0.360. The summed E-state index contributed by atoms with van der Waals surface area (Å²) < 4.78 is 4.67. The first-order valence-electron chi connectivity index (χ1n) is 5.83. The molecule has 1 rings (SSSR count). The Morgan fingerprint density at radius 2 is 2.22 bits per heavy atom. The number of aliphatic hydroxyl groups excluding tert-OH is 1. The molecule has 0 spiro atoms. The second-order valence-electron chi connectivity index (χ2n) is 4.29. The van der Waals surface area contributed by atoms with E-state index in [1.54, 1.807) is 19.1 Å². The monoisotopic (exact) mass is 252 g/mol. The molecule has 1 aromatic rings. The van der Waals surface area contributed by atoms with Crippen molar-refractivity contribution in [2.24, 2.45) is 0 Å². The lowest BCUT2D eigenvalue weighted by Crippen LogP contribution is -2.23. The maximum atomic E-state index is 11.5. The summed E-state index contributed by atoms with van der Waals surface area (Å²) in [6, 6.07) is 5.23. The van der Waals surface area contributed by atoms with Gasteiger partial charge in [-0.05, 0) is 25.5 Å². The molecule has 5 heteroatoms. The van der Waals surface area contributed by atoms with Crippen LogP contribution in [0.15, 0.2) is 18.2 Å². The molecule has 0 aliphatic heterocycles. The van der Waals surface area contributed by atoms with E-state index in [1.165, 1.54) is 7.11 Å². The van der Waals surface area contributed by atoms with Crippen molar-refractivity contribution in [3.05, 3.63) is 23.8 Å². The van der Waals surface area contributed by atoms with Crippen molar-refractivity contribution in [2.45, 2.75) is 19.4 Å². The van der Waals surface area contributed by atoms with E-state index in [9.17, 15) is 9.90 Å². The van der Waals surface area contributed by atoms with Gasteiger partial charge in [0.05, 0.1) is 30.2 Å². The molecule has 0 heterocycles. The minimum Gasteiger partial charge on any atom is -0.465 e. The molecule has 0 fully saturated rings. The molecule has 18 heavy (non-hydrogen) atoms. The normalized spacial score (nSPS) is 12.0. The van der Waals surface area contributed by atoms with Crippen LogP contribution in [-0.4, -0.2) is 37.9 Å². The molecule has 0 aliphatic rings. The predicted molar refractivity (Wildman–Crippen MR) is 71.8 cm³/mol. The van der Waals surface area contributed by atoms with Crippen molar-refractivity contribution >= 4 is 17.3 Å². The molecular weight excluding hydrogens is 232 g/mol. The van der Waals surface area contributed by atoms with Crippen LogP contribution in [-0.2, 0) is 4.74 Å². The molecule has 3 N–H and O–H groups in total. The molecule has 1 aromatic carbocycles. The van der Waals surface area contributed by atoms with Crippen LogP contribution in [0.25, 0.3) is 0 Å². The zero-order valence-corrected chi connectivity index (χ0v) is 11.0. The highest BCUT2D eigenvalue weighted by atomic mass is 16.5. The number of aliphatic hydroxyl groups is 1. The van der Waals surface area contributed by atoms with Crippen molar-refractivity contribution < 1.29 is 14.6 Å². The Morgan fingerprint density at radius 3 is 2.78 bits per heavy atom. The first-order chi connectivity index (χ1) is 8.47. The molecule has 0 saturated heterocycles. The zero-order chi connectivity index (χ0) is 13.7. The Bertz CT molecular complexity index is 419. The maximum absolute atomic E-state index is 11.5. The summed E-state index contributed by atoms with van der Waals surface area (Å²) in [7, 11) is 3.20. The van der Waals surface area contributed by atoms with Crippen LogP contribution in [0.4, 0.5) is 11.4 Å². The number of rotatable bonds is 5. The van der Waals surface area contributed by atoms with Crippen LogP contribution < -0.4 is 10.6 Å². The second kappa shape index (κ2) is 6.26. The number of carbonyl (C=O) groups excluding carboxylic acids is 1. The number of nitrogens with two attached hydrogens (primary N) is 1. The van der Waals surface area contributed by atoms with E-state index in [4.69, 9.17) is 5.73 Å². The van der Waals surface area contributed by atoms with Gasteiger partial charge >= 0.3 is 5.97 Å². The highest BCUT2D eigenvalue weighted by Crippen LogP contribution is 2.26. The van der Waals surface area contributed by atoms with Crippen molar-refractivity contribution in [1.82, 2.24) is 0 Å². The fraction of sp³-hybridized carbons (Fsp3) is 0.462. The summed E-state index contributed by atoms with van der Waals surface area (Å²) in [4.78, 5) is 13.4. The van der Waals surface area contributed by atoms with E-state index in [0.29, 0.717) is 24.2 Å². The van der Waals surface area contributed by atoms with Gasteiger partial charge in [0.15, 0.2) is 0 Å². The average Bonchev–Trinajstić information content (AvgIpc) is 2.35. The van der Waals surface area contributed by atoms with Gasteiger partial charge in [-0.1, -0.05) is 6.07 Å². The Balaban J connectivity index is 2.92. The van der Waals surface area contributed by atoms with Crippen molar-refractivity contribution in [2.75, 3.05) is 31.3 Å². The van der Waals surface area contributed by atoms with Crippen LogP contribution in [0.5, 0.6) is 0 Å². The van der Waals surface area contributed by atoms with Gasteiger partial charge in [0.25, 0.3) is 0 Å². The Hall–Kier alpha value is -1.75. The number of anilines is 2. The first kappa shape index (κ1) is 14.3. The lowest BCUT2D eigenvalue weighted by molar-refractivity contribution is 0.0602. The number of hydrogen-bond acceptors (Lipinski definition) is 5. The largest absolute Gasteiger partial charge is 0.465 e.